The van der Waals surface area contributed by atoms with E-state index < -0.39 is 0 Å². The van der Waals surface area contributed by atoms with Crippen LogP contribution in [0.15, 0.2) is 0 Å². The molecule has 0 rings (SSSR count). The lowest BCUT2D eigenvalue weighted by Crippen LogP contribution is -2.37. The Bertz CT molecular complexity index is 126. The molecular weight excluding hydrogens is 180 g/mol. The molecule has 0 spiro atoms. The molecule has 0 aliphatic carbocycles. The van der Waals surface area contributed by atoms with E-state index in [-0.39, 0.29) is 5.41 Å². The Hall–Kier alpha value is 0.270. The topological polar surface area (TPSA) is 29.3 Å². The molecule has 0 aliphatic rings. The Morgan fingerprint density at radius 2 is 2.00 bits per heavy atom. The highest BCUT2D eigenvalue weighted by atomic mass is 32.2. The second kappa shape index (κ2) is 6.68. The van der Waals surface area contributed by atoms with Gasteiger partial charge in [0, 0.05) is 6.54 Å². The van der Waals surface area contributed by atoms with Gasteiger partial charge in [0.25, 0.3) is 0 Å². The van der Waals surface area contributed by atoms with E-state index in [1.165, 1.54) is 18.7 Å². The molecule has 0 bridgehead atoms. The summed E-state index contributed by atoms with van der Waals surface area (Å²) in [5, 5.41) is 0. The van der Waals surface area contributed by atoms with Gasteiger partial charge in [-0.1, -0.05) is 13.8 Å². The fourth-order valence-corrected chi connectivity index (χ4v) is 1.77. The van der Waals surface area contributed by atoms with E-state index >= 15 is 0 Å². The first-order chi connectivity index (χ1) is 6.02. The zero-order valence-electron chi connectivity index (χ0n) is 9.47. The number of thioether (sulfide) groups is 1. The molecule has 2 N–H and O–H groups in total. The molecule has 0 aromatic heterocycles. The smallest absolute Gasteiger partial charge is 0.00417 e. The van der Waals surface area contributed by atoms with Gasteiger partial charge in [0.2, 0.25) is 0 Å². The average Bonchev–Trinajstić information content (AvgIpc) is 2.04. The molecule has 0 fully saturated rings. The highest BCUT2D eigenvalue weighted by Crippen LogP contribution is 2.13. The molecule has 0 saturated carbocycles. The zero-order chi connectivity index (χ0) is 10.3. The van der Waals surface area contributed by atoms with Crippen molar-refractivity contribution in [1.29, 1.82) is 0 Å². The maximum Gasteiger partial charge on any atom is 0.00417 e. The van der Waals surface area contributed by atoms with Gasteiger partial charge in [-0.25, -0.2) is 0 Å². The van der Waals surface area contributed by atoms with Crippen molar-refractivity contribution in [2.45, 2.75) is 20.3 Å². The Morgan fingerprint density at radius 1 is 1.38 bits per heavy atom. The summed E-state index contributed by atoms with van der Waals surface area (Å²) < 4.78 is 0. The van der Waals surface area contributed by atoms with E-state index in [0.29, 0.717) is 0 Å². The molecule has 13 heavy (non-hydrogen) atoms. The number of nitrogens with two attached hydrogens (primary N) is 1. The fraction of sp³-hybridized carbons (Fsp3) is 1.00. The van der Waals surface area contributed by atoms with Crippen LogP contribution in [0.25, 0.3) is 0 Å². The van der Waals surface area contributed by atoms with Crippen LogP contribution in [0, 0.1) is 5.41 Å². The minimum atomic E-state index is 0.258. The number of hydrogen-bond donors (Lipinski definition) is 1. The molecule has 0 heterocycles. The summed E-state index contributed by atoms with van der Waals surface area (Å²) in [7, 11) is 2.18. The van der Waals surface area contributed by atoms with Gasteiger partial charge in [-0.2, -0.15) is 11.8 Å². The van der Waals surface area contributed by atoms with Crippen molar-refractivity contribution in [3.8, 4) is 0 Å². The molecular formula is C10H24N2S. The van der Waals surface area contributed by atoms with Crippen LogP contribution < -0.4 is 5.73 Å². The van der Waals surface area contributed by atoms with Crippen LogP contribution in [0.4, 0.5) is 0 Å². The number of rotatable bonds is 7. The van der Waals surface area contributed by atoms with Crippen molar-refractivity contribution in [3.63, 3.8) is 0 Å². The third-order valence-electron chi connectivity index (χ3n) is 2.14. The third kappa shape index (κ3) is 7.35. The van der Waals surface area contributed by atoms with Crippen molar-refractivity contribution < 1.29 is 0 Å². The summed E-state index contributed by atoms with van der Waals surface area (Å²) in [6.45, 7) is 7.48. The van der Waals surface area contributed by atoms with E-state index in [0.717, 1.165) is 13.1 Å². The van der Waals surface area contributed by atoms with Crippen LogP contribution in [0.3, 0.4) is 0 Å². The first-order valence-corrected chi connectivity index (χ1v) is 6.29. The highest BCUT2D eigenvalue weighted by Gasteiger charge is 2.17. The normalized spacial score (nSPS) is 12.5. The zero-order valence-corrected chi connectivity index (χ0v) is 10.3. The molecule has 0 aliphatic heterocycles. The molecule has 0 saturated heterocycles. The molecule has 3 heteroatoms. The van der Waals surface area contributed by atoms with Crippen LogP contribution >= 0.6 is 11.8 Å². The Morgan fingerprint density at radius 3 is 2.46 bits per heavy atom. The quantitative estimate of drug-likeness (QED) is 0.640. The molecule has 0 aromatic rings. The SMILES string of the molecule is CSCCCN(C)CC(C)(C)CN. The van der Waals surface area contributed by atoms with Gasteiger partial charge in [0.15, 0.2) is 0 Å². The maximum atomic E-state index is 5.68. The summed E-state index contributed by atoms with van der Waals surface area (Å²) in [5.41, 5.74) is 5.94. The standard InChI is InChI=1S/C10H24N2S/c1-10(2,8-11)9-12(3)6-5-7-13-4/h5-9,11H2,1-4H3. The van der Waals surface area contributed by atoms with Crippen molar-refractivity contribution in [2.75, 3.05) is 38.7 Å². The van der Waals surface area contributed by atoms with Gasteiger partial charge in [0.05, 0.1) is 0 Å². The fourth-order valence-electron chi connectivity index (χ4n) is 1.35. The van der Waals surface area contributed by atoms with Crippen molar-refractivity contribution in [1.82, 2.24) is 4.90 Å². The van der Waals surface area contributed by atoms with E-state index in [2.05, 4.69) is 32.1 Å². The number of hydrogen-bond acceptors (Lipinski definition) is 3. The van der Waals surface area contributed by atoms with E-state index in [1.807, 2.05) is 11.8 Å². The van der Waals surface area contributed by atoms with Gasteiger partial charge in [-0.15, -0.1) is 0 Å². The summed E-state index contributed by atoms with van der Waals surface area (Å²) in [4.78, 5) is 2.38. The third-order valence-corrected chi connectivity index (χ3v) is 2.84. The van der Waals surface area contributed by atoms with Crippen molar-refractivity contribution in [2.24, 2.45) is 11.1 Å². The van der Waals surface area contributed by atoms with Crippen LogP contribution in [0.1, 0.15) is 20.3 Å². The largest absolute Gasteiger partial charge is 0.330 e. The number of nitrogens with zero attached hydrogens (tertiary/aromatic N) is 1. The lowest BCUT2D eigenvalue weighted by molar-refractivity contribution is 0.216. The molecule has 0 radical (unpaired) electrons. The van der Waals surface area contributed by atoms with Crippen molar-refractivity contribution in [3.05, 3.63) is 0 Å². The summed E-state index contributed by atoms with van der Waals surface area (Å²) >= 11 is 1.92. The second-order valence-electron chi connectivity index (χ2n) is 4.45. The summed E-state index contributed by atoms with van der Waals surface area (Å²) in [5.74, 6) is 1.26. The van der Waals surface area contributed by atoms with Gasteiger partial charge in [-0.3, -0.25) is 0 Å². The van der Waals surface area contributed by atoms with E-state index in [9.17, 15) is 0 Å². The Labute approximate surface area is 87.2 Å². The predicted octanol–water partition coefficient (Wildman–Crippen LogP) is 1.66. The minimum Gasteiger partial charge on any atom is -0.330 e. The van der Waals surface area contributed by atoms with Crippen molar-refractivity contribution >= 4 is 11.8 Å². The molecule has 0 amide bonds. The van der Waals surface area contributed by atoms with Crippen LogP contribution in [-0.2, 0) is 0 Å². The lowest BCUT2D eigenvalue weighted by atomic mass is 9.93. The highest BCUT2D eigenvalue weighted by molar-refractivity contribution is 7.98. The molecule has 2 nitrogen and oxygen atoms in total. The lowest BCUT2D eigenvalue weighted by Gasteiger charge is -2.28. The summed E-state index contributed by atoms with van der Waals surface area (Å²) in [6, 6.07) is 0. The van der Waals surface area contributed by atoms with Crippen LogP contribution in [-0.4, -0.2) is 43.6 Å². The van der Waals surface area contributed by atoms with Gasteiger partial charge in [0.1, 0.15) is 0 Å². The van der Waals surface area contributed by atoms with Crippen LogP contribution in [0.5, 0.6) is 0 Å². The molecule has 80 valence electrons. The van der Waals surface area contributed by atoms with Gasteiger partial charge < -0.3 is 10.6 Å². The average molecular weight is 204 g/mol. The second-order valence-corrected chi connectivity index (χ2v) is 5.44. The van der Waals surface area contributed by atoms with Gasteiger partial charge >= 0.3 is 0 Å². The molecule has 0 atom stereocenters. The Kier molecular flexibility index (Phi) is 6.82. The molecule has 0 aromatic carbocycles. The predicted molar refractivity (Wildman–Crippen MR) is 63.3 cm³/mol. The van der Waals surface area contributed by atoms with Crippen LogP contribution in [0.2, 0.25) is 0 Å². The van der Waals surface area contributed by atoms with E-state index in [1.54, 1.807) is 0 Å². The van der Waals surface area contributed by atoms with E-state index in [4.69, 9.17) is 5.73 Å². The Balaban J connectivity index is 3.55. The minimum absolute atomic E-state index is 0.258. The summed E-state index contributed by atoms with van der Waals surface area (Å²) in [6.07, 6.45) is 3.43. The molecule has 0 unspecified atom stereocenters. The monoisotopic (exact) mass is 204 g/mol. The first-order valence-electron chi connectivity index (χ1n) is 4.89. The van der Waals surface area contributed by atoms with Gasteiger partial charge in [-0.05, 0) is 44.0 Å². The maximum absolute atomic E-state index is 5.68. The first kappa shape index (κ1) is 13.3.